The molecule has 1 aliphatic carbocycles. The minimum absolute atomic E-state index is 0.0839. The van der Waals surface area contributed by atoms with E-state index in [1.54, 1.807) is 6.92 Å². The summed E-state index contributed by atoms with van der Waals surface area (Å²) in [6, 6.07) is 28.8. The van der Waals surface area contributed by atoms with Gasteiger partial charge in [0, 0.05) is 11.8 Å². The zero-order chi connectivity index (χ0) is 23.7. The third kappa shape index (κ3) is 4.01. The fourth-order valence-corrected chi connectivity index (χ4v) is 4.85. The van der Waals surface area contributed by atoms with Crippen molar-refractivity contribution in [3.8, 4) is 11.1 Å². The van der Waals surface area contributed by atoms with Crippen LogP contribution in [0.4, 0.5) is 4.79 Å². The van der Waals surface area contributed by atoms with Gasteiger partial charge in [0.15, 0.2) is 0 Å². The first kappa shape index (κ1) is 21.7. The second kappa shape index (κ2) is 9.02. The van der Waals surface area contributed by atoms with Gasteiger partial charge in [-0.25, -0.2) is 9.59 Å². The predicted molar refractivity (Wildman–Crippen MR) is 132 cm³/mol. The smallest absolute Gasteiger partial charge is 0.407 e. The molecule has 1 aliphatic rings. The van der Waals surface area contributed by atoms with E-state index in [0.29, 0.717) is 0 Å². The first-order valence-corrected chi connectivity index (χ1v) is 11.4. The highest BCUT2D eigenvalue weighted by molar-refractivity contribution is 5.85. The highest BCUT2D eigenvalue weighted by atomic mass is 16.5. The van der Waals surface area contributed by atoms with Crippen LogP contribution in [-0.2, 0) is 9.53 Å². The van der Waals surface area contributed by atoms with Crippen LogP contribution in [0.15, 0.2) is 91.0 Å². The van der Waals surface area contributed by atoms with Crippen molar-refractivity contribution in [3.05, 3.63) is 108 Å². The molecular weight excluding hydrogens is 426 g/mol. The number of carbonyl (C=O) groups is 2. The monoisotopic (exact) mass is 451 g/mol. The minimum atomic E-state index is -1.11. The third-order valence-electron chi connectivity index (χ3n) is 6.68. The van der Waals surface area contributed by atoms with Crippen molar-refractivity contribution in [1.29, 1.82) is 0 Å². The Balaban J connectivity index is 1.30. The van der Waals surface area contributed by atoms with Gasteiger partial charge in [0.1, 0.15) is 12.6 Å². The molecular formula is C29H25NO4. The summed E-state index contributed by atoms with van der Waals surface area (Å²) in [6.45, 7) is 1.93. The van der Waals surface area contributed by atoms with Crippen LogP contribution in [0, 0.1) is 0 Å². The molecule has 0 bridgehead atoms. The Labute approximate surface area is 198 Å². The van der Waals surface area contributed by atoms with E-state index in [2.05, 4.69) is 17.4 Å². The van der Waals surface area contributed by atoms with E-state index in [-0.39, 0.29) is 12.5 Å². The number of nitrogens with one attached hydrogen (secondary N) is 1. The number of carboxylic acid groups (broad SMARTS) is 1. The molecule has 4 aromatic rings. The Hall–Kier alpha value is -4.12. The van der Waals surface area contributed by atoms with Crippen LogP contribution < -0.4 is 5.32 Å². The summed E-state index contributed by atoms with van der Waals surface area (Å²) in [7, 11) is 0. The Morgan fingerprint density at radius 3 is 2.09 bits per heavy atom. The lowest BCUT2D eigenvalue weighted by Gasteiger charge is -2.22. The summed E-state index contributed by atoms with van der Waals surface area (Å²) in [5.74, 6) is -1.63. The molecule has 2 atom stereocenters. The normalized spacial score (nSPS) is 14.1. The molecule has 0 aliphatic heterocycles. The Kier molecular flexibility index (Phi) is 5.76. The number of carboxylic acids is 1. The van der Waals surface area contributed by atoms with Crippen molar-refractivity contribution in [2.45, 2.75) is 24.8 Å². The average molecular weight is 452 g/mol. The first-order valence-electron chi connectivity index (χ1n) is 11.4. The maximum Gasteiger partial charge on any atom is 0.407 e. The average Bonchev–Trinajstić information content (AvgIpc) is 3.19. The van der Waals surface area contributed by atoms with Crippen molar-refractivity contribution in [2.24, 2.45) is 0 Å². The first-order chi connectivity index (χ1) is 16.5. The molecule has 0 fully saturated rings. The van der Waals surface area contributed by atoms with E-state index < -0.39 is 24.0 Å². The van der Waals surface area contributed by atoms with Crippen molar-refractivity contribution in [2.75, 3.05) is 6.61 Å². The molecule has 0 unspecified atom stereocenters. The maximum absolute atomic E-state index is 12.7. The molecule has 0 spiro atoms. The summed E-state index contributed by atoms with van der Waals surface area (Å²) in [5.41, 5.74) is 5.33. The number of benzene rings is 4. The van der Waals surface area contributed by atoms with Gasteiger partial charge in [0.05, 0.1) is 0 Å². The molecule has 0 saturated carbocycles. The number of ether oxygens (including phenoxy) is 1. The Bertz CT molecular complexity index is 1330. The van der Waals surface area contributed by atoms with Crippen LogP contribution in [0.1, 0.15) is 35.4 Å². The topological polar surface area (TPSA) is 75.6 Å². The second-order valence-corrected chi connectivity index (χ2v) is 8.68. The summed E-state index contributed by atoms with van der Waals surface area (Å²) in [4.78, 5) is 24.7. The molecule has 1 amide bonds. The number of alkyl carbamates (subject to hydrolysis) is 1. The molecule has 0 radical (unpaired) electrons. The SMILES string of the molecule is C[C@H](c1ccc2ccccc2c1)[C@@H](NC(=O)OCC1c2ccccc2-c2ccccc21)C(=O)O. The zero-order valence-corrected chi connectivity index (χ0v) is 18.8. The van der Waals surface area contributed by atoms with Gasteiger partial charge in [0.25, 0.3) is 0 Å². The molecule has 34 heavy (non-hydrogen) atoms. The largest absolute Gasteiger partial charge is 0.480 e. The fraction of sp³-hybridized carbons (Fsp3) is 0.172. The Morgan fingerprint density at radius 1 is 0.853 bits per heavy atom. The minimum Gasteiger partial charge on any atom is -0.480 e. The van der Waals surface area contributed by atoms with E-state index in [9.17, 15) is 14.7 Å². The van der Waals surface area contributed by atoms with Gasteiger partial charge >= 0.3 is 12.1 Å². The summed E-state index contributed by atoms with van der Waals surface area (Å²) in [6.07, 6.45) is -0.734. The van der Waals surface area contributed by atoms with Gasteiger partial charge in [-0.2, -0.15) is 0 Å². The number of rotatable bonds is 6. The second-order valence-electron chi connectivity index (χ2n) is 8.68. The molecule has 2 N–H and O–H groups in total. The summed E-state index contributed by atoms with van der Waals surface area (Å²) in [5, 5.41) is 14.5. The molecule has 0 saturated heterocycles. The van der Waals surface area contributed by atoms with Crippen molar-refractivity contribution in [3.63, 3.8) is 0 Å². The standard InChI is InChI=1S/C29H25NO4/c1-18(20-15-14-19-8-2-3-9-21(19)16-20)27(28(31)32)30-29(33)34-17-26-24-12-6-4-10-22(24)23-11-5-7-13-25(23)26/h2-16,18,26-27H,17H2,1H3,(H,30,33)(H,31,32)/t18-,27-/m1/s1. The number of fused-ring (bicyclic) bond motifs is 4. The van der Waals surface area contributed by atoms with Gasteiger partial charge < -0.3 is 15.2 Å². The van der Waals surface area contributed by atoms with Crippen LogP contribution in [0.3, 0.4) is 0 Å². The lowest BCUT2D eigenvalue weighted by atomic mass is 9.91. The molecule has 5 nitrogen and oxygen atoms in total. The summed E-state index contributed by atoms with van der Waals surface area (Å²) >= 11 is 0. The maximum atomic E-state index is 12.7. The Morgan fingerprint density at radius 2 is 1.44 bits per heavy atom. The molecule has 0 aromatic heterocycles. The van der Waals surface area contributed by atoms with Gasteiger partial charge in [-0.3, -0.25) is 0 Å². The number of amides is 1. The van der Waals surface area contributed by atoms with Gasteiger partial charge in [-0.1, -0.05) is 97.9 Å². The molecule has 4 aromatic carbocycles. The van der Waals surface area contributed by atoms with Crippen LogP contribution in [0.25, 0.3) is 21.9 Å². The zero-order valence-electron chi connectivity index (χ0n) is 18.8. The number of aliphatic carboxylic acids is 1. The molecule has 5 rings (SSSR count). The van der Waals surface area contributed by atoms with Crippen molar-refractivity contribution < 1.29 is 19.4 Å². The lowest BCUT2D eigenvalue weighted by molar-refractivity contribution is -0.139. The molecule has 0 heterocycles. The van der Waals surface area contributed by atoms with E-state index in [4.69, 9.17) is 4.74 Å². The van der Waals surface area contributed by atoms with Gasteiger partial charge in [-0.05, 0) is 38.6 Å². The van der Waals surface area contributed by atoms with Crippen LogP contribution >= 0.6 is 0 Å². The van der Waals surface area contributed by atoms with Crippen LogP contribution in [0.5, 0.6) is 0 Å². The van der Waals surface area contributed by atoms with E-state index in [0.717, 1.165) is 38.6 Å². The quantitative estimate of drug-likeness (QED) is 0.381. The van der Waals surface area contributed by atoms with Gasteiger partial charge in [0.2, 0.25) is 0 Å². The summed E-state index contributed by atoms with van der Waals surface area (Å²) < 4.78 is 5.56. The third-order valence-corrected chi connectivity index (χ3v) is 6.68. The highest BCUT2D eigenvalue weighted by Crippen LogP contribution is 2.44. The lowest BCUT2D eigenvalue weighted by Crippen LogP contribution is -2.44. The van der Waals surface area contributed by atoms with E-state index >= 15 is 0 Å². The predicted octanol–water partition coefficient (Wildman–Crippen LogP) is 5.94. The van der Waals surface area contributed by atoms with E-state index in [1.807, 2.05) is 78.9 Å². The van der Waals surface area contributed by atoms with Crippen LogP contribution in [0.2, 0.25) is 0 Å². The van der Waals surface area contributed by atoms with Crippen LogP contribution in [-0.4, -0.2) is 29.8 Å². The number of carbonyl (C=O) groups excluding carboxylic acids is 1. The number of hydrogen-bond acceptors (Lipinski definition) is 3. The van der Waals surface area contributed by atoms with Crippen molar-refractivity contribution in [1.82, 2.24) is 5.32 Å². The van der Waals surface area contributed by atoms with Gasteiger partial charge in [-0.15, -0.1) is 0 Å². The van der Waals surface area contributed by atoms with E-state index in [1.165, 1.54) is 0 Å². The van der Waals surface area contributed by atoms with Crippen molar-refractivity contribution >= 4 is 22.8 Å². The fourth-order valence-electron chi connectivity index (χ4n) is 4.85. The molecule has 5 heteroatoms. The number of hydrogen-bond donors (Lipinski definition) is 2. The molecule has 170 valence electrons. The highest BCUT2D eigenvalue weighted by Gasteiger charge is 2.31.